The van der Waals surface area contributed by atoms with Crippen LogP contribution in [0.2, 0.25) is 0 Å². The number of nitrogens with zero attached hydrogens (tertiary/aromatic N) is 2. The van der Waals surface area contributed by atoms with Crippen molar-refractivity contribution in [2.24, 2.45) is 0 Å². The molecule has 0 spiro atoms. The van der Waals surface area contributed by atoms with Gasteiger partial charge in [-0.15, -0.1) is 0 Å². The van der Waals surface area contributed by atoms with E-state index in [0.717, 1.165) is 25.3 Å². The zero-order valence-electron chi connectivity index (χ0n) is 11.1. The smallest absolute Gasteiger partial charge is 0.238 e. The van der Waals surface area contributed by atoms with Gasteiger partial charge in [-0.05, 0) is 44.4 Å². The minimum Gasteiger partial charge on any atom is -0.461 e. The molecule has 0 aromatic carbocycles. The molecule has 0 amide bonds. The van der Waals surface area contributed by atoms with Crippen LogP contribution in [0.4, 0.5) is 0 Å². The molecule has 1 fully saturated rings. The van der Waals surface area contributed by atoms with Gasteiger partial charge in [0.25, 0.3) is 0 Å². The first-order chi connectivity index (χ1) is 9.36. The topological polar surface area (TPSA) is 64.1 Å². The predicted octanol–water partition coefficient (Wildman–Crippen LogP) is 2.97. The lowest BCUT2D eigenvalue weighted by Gasteiger charge is -2.26. The minimum absolute atomic E-state index is 0.395. The Morgan fingerprint density at radius 1 is 1.32 bits per heavy atom. The molecule has 19 heavy (non-hydrogen) atoms. The first-order valence-electron chi connectivity index (χ1n) is 6.97. The first kappa shape index (κ1) is 12.4. The minimum atomic E-state index is 0.395. The van der Waals surface area contributed by atoms with Crippen molar-refractivity contribution in [2.75, 3.05) is 6.54 Å². The van der Waals surface area contributed by atoms with Gasteiger partial charge in [-0.2, -0.15) is 4.98 Å². The molecule has 1 saturated carbocycles. The molecule has 0 atom stereocenters. The molecule has 2 aromatic rings. The van der Waals surface area contributed by atoms with Crippen molar-refractivity contribution in [3.63, 3.8) is 0 Å². The van der Waals surface area contributed by atoms with Gasteiger partial charge in [0.15, 0.2) is 5.76 Å². The van der Waals surface area contributed by atoms with E-state index in [4.69, 9.17) is 8.94 Å². The molecule has 0 aliphatic heterocycles. The molecule has 5 heteroatoms. The Morgan fingerprint density at radius 3 is 2.84 bits per heavy atom. The second-order valence-electron chi connectivity index (χ2n) is 5.04. The third kappa shape index (κ3) is 2.71. The summed E-state index contributed by atoms with van der Waals surface area (Å²) in [5, 5.41) is 7.50. The number of rotatable bonds is 4. The zero-order valence-corrected chi connectivity index (χ0v) is 11.1. The Morgan fingerprint density at radius 2 is 2.16 bits per heavy atom. The van der Waals surface area contributed by atoms with Gasteiger partial charge in [0, 0.05) is 12.0 Å². The lowest BCUT2D eigenvalue weighted by Crippen LogP contribution is -2.32. The van der Waals surface area contributed by atoms with Crippen LogP contribution in [0.5, 0.6) is 0 Å². The molecule has 3 rings (SSSR count). The van der Waals surface area contributed by atoms with Crippen molar-refractivity contribution >= 4 is 0 Å². The van der Waals surface area contributed by atoms with E-state index in [0.29, 0.717) is 23.5 Å². The van der Waals surface area contributed by atoms with Gasteiger partial charge in [-0.25, -0.2) is 0 Å². The first-order valence-corrected chi connectivity index (χ1v) is 6.97. The average Bonchev–Trinajstić information content (AvgIpc) is 3.11. The van der Waals surface area contributed by atoms with Gasteiger partial charge in [0.1, 0.15) is 0 Å². The lowest BCUT2D eigenvalue weighted by atomic mass is 9.86. The summed E-state index contributed by atoms with van der Waals surface area (Å²) in [5.74, 6) is 2.36. The number of hydrogen-bond acceptors (Lipinski definition) is 5. The number of furan rings is 1. The van der Waals surface area contributed by atoms with Gasteiger partial charge in [0.05, 0.1) is 6.26 Å². The fourth-order valence-electron chi connectivity index (χ4n) is 2.74. The largest absolute Gasteiger partial charge is 0.461 e. The Hall–Kier alpha value is -1.62. The molecule has 102 valence electrons. The van der Waals surface area contributed by atoms with E-state index < -0.39 is 0 Å². The van der Waals surface area contributed by atoms with Crippen molar-refractivity contribution in [3.05, 3.63) is 24.3 Å². The average molecular weight is 261 g/mol. The Balaban J connectivity index is 1.64. The summed E-state index contributed by atoms with van der Waals surface area (Å²) < 4.78 is 10.7. The highest BCUT2D eigenvalue weighted by atomic mass is 16.5. The van der Waals surface area contributed by atoms with Crippen LogP contribution in [0.25, 0.3) is 11.6 Å². The van der Waals surface area contributed by atoms with E-state index in [-0.39, 0.29) is 0 Å². The molecule has 0 bridgehead atoms. The molecule has 1 aliphatic rings. The van der Waals surface area contributed by atoms with Crippen LogP contribution in [0.15, 0.2) is 27.3 Å². The molecule has 2 aromatic heterocycles. The van der Waals surface area contributed by atoms with Gasteiger partial charge in [-0.1, -0.05) is 12.1 Å². The molecule has 1 N–H and O–H groups in total. The highest BCUT2D eigenvalue weighted by Crippen LogP contribution is 2.32. The Kier molecular flexibility index (Phi) is 3.64. The maximum absolute atomic E-state index is 5.38. The summed E-state index contributed by atoms with van der Waals surface area (Å²) in [5.41, 5.74) is 0. The van der Waals surface area contributed by atoms with E-state index in [1.165, 1.54) is 12.8 Å². The highest BCUT2D eigenvalue weighted by Gasteiger charge is 2.26. The summed E-state index contributed by atoms with van der Waals surface area (Å²) in [7, 11) is 0. The summed E-state index contributed by atoms with van der Waals surface area (Å²) in [6.07, 6.45) is 6.19. The quantitative estimate of drug-likeness (QED) is 0.916. The Labute approximate surface area is 112 Å². The molecular formula is C14H19N3O2. The third-order valence-electron chi connectivity index (χ3n) is 3.75. The van der Waals surface area contributed by atoms with E-state index in [1.54, 1.807) is 6.26 Å². The summed E-state index contributed by atoms with van der Waals surface area (Å²) in [6.45, 7) is 3.19. The van der Waals surface area contributed by atoms with Crippen LogP contribution in [0.1, 0.15) is 44.4 Å². The highest BCUT2D eigenvalue weighted by molar-refractivity contribution is 5.44. The fourth-order valence-corrected chi connectivity index (χ4v) is 2.74. The van der Waals surface area contributed by atoms with Gasteiger partial charge < -0.3 is 14.3 Å². The standard InChI is InChI=1S/C14H19N3O2/c1-2-15-11-7-5-10(6-8-11)14-16-13(17-19-14)12-4-3-9-18-12/h3-4,9-11,15H,2,5-8H2,1H3. The molecule has 0 radical (unpaired) electrons. The van der Waals surface area contributed by atoms with Crippen molar-refractivity contribution < 1.29 is 8.94 Å². The van der Waals surface area contributed by atoms with Crippen molar-refractivity contribution in [3.8, 4) is 11.6 Å². The SMILES string of the molecule is CCNC1CCC(c2nc(-c3ccco3)no2)CC1. The van der Waals surface area contributed by atoms with Crippen LogP contribution in [-0.2, 0) is 0 Å². The maximum atomic E-state index is 5.38. The number of hydrogen-bond donors (Lipinski definition) is 1. The van der Waals surface area contributed by atoms with Crippen molar-refractivity contribution in [1.82, 2.24) is 15.5 Å². The lowest BCUT2D eigenvalue weighted by molar-refractivity contribution is 0.284. The number of nitrogens with one attached hydrogen (secondary N) is 1. The summed E-state index contributed by atoms with van der Waals surface area (Å²) in [6, 6.07) is 4.32. The Bertz CT molecular complexity index is 499. The molecule has 0 unspecified atom stereocenters. The van der Waals surface area contributed by atoms with Gasteiger partial charge >= 0.3 is 0 Å². The maximum Gasteiger partial charge on any atom is 0.238 e. The normalized spacial score (nSPS) is 23.6. The van der Waals surface area contributed by atoms with Crippen LogP contribution in [-0.4, -0.2) is 22.7 Å². The molecule has 5 nitrogen and oxygen atoms in total. The predicted molar refractivity (Wildman–Crippen MR) is 70.7 cm³/mol. The third-order valence-corrected chi connectivity index (χ3v) is 3.75. The van der Waals surface area contributed by atoms with E-state index in [2.05, 4.69) is 22.4 Å². The molecule has 1 aliphatic carbocycles. The van der Waals surface area contributed by atoms with E-state index in [1.807, 2.05) is 12.1 Å². The van der Waals surface area contributed by atoms with Crippen molar-refractivity contribution in [1.29, 1.82) is 0 Å². The van der Waals surface area contributed by atoms with Crippen LogP contribution < -0.4 is 5.32 Å². The monoisotopic (exact) mass is 261 g/mol. The van der Waals surface area contributed by atoms with E-state index >= 15 is 0 Å². The van der Waals surface area contributed by atoms with E-state index in [9.17, 15) is 0 Å². The fraction of sp³-hybridized carbons (Fsp3) is 0.571. The summed E-state index contributed by atoms with van der Waals surface area (Å²) in [4.78, 5) is 4.46. The van der Waals surface area contributed by atoms with Gasteiger partial charge in [-0.3, -0.25) is 0 Å². The molecular weight excluding hydrogens is 242 g/mol. The zero-order chi connectivity index (χ0) is 13.1. The molecule has 2 heterocycles. The van der Waals surface area contributed by atoms with Crippen LogP contribution >= 0.6 is 0 Å². The second kappa shape index (κ2) is 5.57. The number of aromatic nitrogens is 2. The van der Waals surface area contributed by atoms with Gasteiger partial charge in [0.2, 0.25) is 11.7 Å². The van der Waals surface area contributed by atoms with Crippen LogP contribution in [0.3, 0.4) is 0 Å². The second-order valence-corrected chi connectivity index (χ2v) is 5.04. The van der Waals surface area contributed by atoms with Crippen LogP contribution in [0, 0.1) is 0 Å². The van der Waals surface area contributed by atoms with Crippen molar-refractivity contribution in [2.45, 2.75) is 44.6 Å². The molecule has 0 saturated heterocycles. The summed E-state index contributed by atoms with van der Waals surface area (Å²) >= 11 is 0.